The molecular weight excluding hydrogens is 471 g/mol. The lowest BCUT2D eigenvalue weighted by molar-refractivity contribution is -0.170. The Morgan fingerprint density at radius 1 is 1.09 bits per heavy atom. The average Bonchev–Trinajstić information content (AvgIpc) is 2.70. The van der Waals surface area contributed by atoms with Gasteiger partial charge in [-0.05, 0) is 61.7 Å². The van der Waals surface area contributed by atoms with Crippen molar-refractivity contribution in [2.45, 2.75) is 36.9 Å². The number of aryl methyl sites for hydroxylation is 1. The Bertz CT molecular complexity index is 1140. The molecule has 1 heterocycles. The number of benzene rings is 2. The summed E-state index contributed by atoms with van der Waals surface area (Å²) in [5, 5.41) is 4.66. The molecule has 1 aliphatic rings. The number of hydrogen-bond donors (Lipinski definition) is 3. The van der Waals surface area contributed by atoms with Gasteiger partial charge in [0.15, 0.2) is 0 Å². The largest absolute Gasteiger partial charge is 0.408 e. The highest BCUT2D eigenvalue weighted by atomic mass is 35.5. The smallest absolute Gasteiger partial charge is 0.344 e. The second kappa shape index (κ2) is 8.99. The van der Waals surface area contributed by atoms with Crippen molar-refractivity contribution in [3.8, 4) is 0 Å². The normalized spacial score (nSPS) is 19.2. The lowest BCUT2D eigenvalue weighted by Crippen LogP contribution is -2.53. The molecule has 32 heavy (non-hydrogen) atoms. The van der Waals surface area contributed by atoms with Crippen molar-refractivity contribution in [1.29, 1.82) is 0 Å². The fraction of sp³-hybridized carbons (Fsp3) is 0.300. The van der Waals surface area contributed by atoms with E-state index >= 15 is 0 Å². The third-order valence-electron chi connectivity index (χ3n) is 4.93. The number of sulfonamides is 1. The van der Waals surface area contributed by atoms with Crippen LogP contribution in [0.4, 0.5) is 24.5 Å². The molecule has 1 aliphatic heterocycles. The molecule has 7 nitrogen and oxygen atoms in total. The third kappa shape index (κ3) is 5.52. The van der Waals surface area contributed by atoms with Gasteiger partial charge >= 0.3 is 6.18 Å². The van der Waals surface area contributed by atoms with Crippen LogP contribution in [0, 0.1) is 12.8 Å². The average molecular weight is 490 g/mol. The minimum atomic E-state index is -4.59. The number of halogens is 4. The van der Waals surface area contributed by atoms with Crippen molar-refractivity contribution in [3.05, 3.63) is 53.1 Å². The quantitative estimate of drug-likeness (QED) is 0.555. The molecule has 0 bridgehead atoms. The summed E-state index contributed by atoms with van der Waals surface area (Å²) >= 11 is 5.80. The number of alkyl halides is 3. The van der Waals surface area contributed by atoms with Gasteiger partial charge in [-0.25, -0.2) is 8.42 Å². The molecule has 1 fully saturated rings. The Kier molecular flexibility index (Phi) is 6.70. The minimum Gasteiger partial charge on any atom is -0.344 e. The first kappa shape index (κ1) is 23.9. The Balaban J connectivity index is 1.75. The number of hydrogen-bond acceptors (Lipinski definition) is 4. The summed E-state index contributed by atoms with van der Waals surface area (Å²) in [5.74, 6) is -3.16. The van der Waals surface area contributed by atoms with Crippen LogP contribution in [-0.4, -0.2) is 32.5 Å². The fourth-order valence-electron chi connectivity index (χ4n) is 3.23. The molecule has 2 aromatic rings. The van der Waals surface area contributed by atoms with Crippen LogP contribution < -0.4 is 15.4 Å². The van der Waals surface area contributed by atoms with E-state index in [2.05, 4.69) is 10.0 Å². The maximum absolute atomic E-state index is 12.8. The Morgan fingerprint density at radius 3 is 2.31 bits per heavy atom. The molecular formula is C20H19ClF3N3O4S. The molecule has 3 rings (SSSR count). The van der Waals surface area contributed by atoms with Gasteiger partial charge in [0.25, 0.3) is 10.0 Å². The van der Waals surface area contributed by atoms with Gasteiger partial charge in [-0.3, -0.25) is 14.3 Å². The molecule has 3 N–H and O–H groups in total. The second-order valence-corrected chi connectivity index (χ2v) is 9.40. The van der Waals surface area contributed by atoms with Gasteiger partial charge in [-0.2, -0.15) is 13.2 Å². The standard InChI is InChI=1S/C20H19ClF3N3O4S/c1-11-2-5-14(10-16(11)32(30,31)27-13-6-3-12(21)4-7-13)25-18(28)15-8-9-17(20(22,23)24)26-19(15)29/h2-7,10,15,17,27H,8-9H2,1H3,(H,25,28)(H,26,29). The van der Waals surface area contributed by atoms with E-state index in [1.807, 2.05) is 5.32 Å². The van der Waals surface area contributed by atoms with Gasteiger partial charge < -0.3 is 10.6 Å². The molecule has 2 amide bonds. The molecule has 2 unspecified atom stereocenters. The summed E-state index contributed by atoms with van der Waals surface area (Å²) in [4.78, 5) is 24.4. The highest BCUT2D eigenvalue weighted by Gasteiger charge is 2.45. The molecule has 12 heteroatoms. The number of piperidine rings is 1. The first-order valence-corrected chi connectivity index (χ1v) is 11.3. The number of carbonyl (C=O) groups is 2. The molecule has 0 saturated carbocycles. The molecule has 2 aromatic carbocycles. The monoisotopic (exact) mass is 489 g/mol. The predicted molar refractivity (Wildman–Crippen MR) is 113 cm³/mol. The van der Waals surface area contributed by atoms with Crippen molar-refractivity contribution in [2.24, 2.45) is 5.92 Å². The zero-order valence-corrected chi connectivity index (χ0v) is 18.2. The zero-order chi connectivity index (χ0) is 23.7. The Morgan fingerprint density at radius 2 is 1.72 bits per heavy atom. The van der Waals surface area contributed by atoms with E-state index in [-0.39, 0.29) is 22.7 Å². The van der Waals surface area contributed by atoms with Gasteiger partial charge in [-0.1, -0.05) is 17.7 Å². The highest BCUT2D eigenvalue weighted by molar-refractivity contribution is 7.92. The van der Waals surface area contributed by atoms with Gasteiger partial charge in [0.2, 0.25) is 11.8 Å². The lowest BCUT2D eigenvalue weighted by Gasteiger charge is -2.29. The van der Waals surface area contributed by atoms with Crippen molar-refractivity contribution in [2.75, 3.05) is 10.0 Å². The van der Waals surface area contributed by atoms with E-state index in [0.29, 0.717) is 10.6 Å². The summed E-state index contributed by atoms with van der Waals surface area (Å²) in [6, 6.07) is 8.12. The maximum Gasteiger partial charge on any atom is 0.408 e. The summed E-state index contributed by atoms with van der Waals surface area (Å²) in [7, 11) is -4.02. The van der Waals surface area contributed by atoms with Gasteiger partial charge in [-0.15, -0.1) is 0 Å². The van der Waals surface area contributed by atoms with Crippen molar-refractivity contribution in [3.63, 3.8) is 0 Å². The number of carbonyl (C=O) groups excluding carboxylic acids is 2. The second-order valence-electron chi connectivity index (χ2n) is 7.31. The van der Waals surface area contributed by atoms with E-state index in [1.54, 1.807) is 6.92 Å². The van der Waals surface area contributed by atoms with Crippen LogP contribution in [0.15, 0.2) is 47.4 Å². The highest BCUT2D eigenvalue weighted by Crippen LogP contribution is 2.29. The Hall–Kier alpha value is -2.79. The fourth-order valence-corrected chi connectivity index (χ4v) is 4.69. The third-order valence-corrected chi connectivity index (χ3v) is 6.71. The van der Waals surface area contributed by atoms with E-state index in [9.17, 15) is 31.2 Å². The van der Waals surface area contributed by atoms with E-state index in [0.717, 1.165) is 0 Å². The van der Waals surface area contributed by atoms with Crippen LogP contribution in [0.2, 0.25) is 5.02 Å². The van der Waals surface area contributed by atoms with Crippen molar-refractivity contribution in [1.82, 2.24) is 5.32 Å². The lowest BCUT2D eigenvalue weighted by atomic mass is 9.92. The van der Waals surface area contributed by atoms with E-state index < -0.39 is 46.4 Å². The van der Waals surface area contributed by atoms with E-state index in [4.69, 9.17) is 11.6 Å². The predicted octanol–water partition coefficient (Wildman–Crippen LogP) is 3.84. The number of amides is 2. The van der Waals surface area contributed by atoms with Crippen molar-refractivity contribution < 1.29 is 31.2 Å². The van der Waals surface area contributed by atoms with Crippen LogP contribution >= 0.6 is 11.6 Å². The van der Waals surface area contributed by atoms with Gasteiger partial charge in [0.05, 0.1) is 4.90 Å². The molecule has 0 aliphatic carbocycles. The molecule has 172 valence electrons. The van der Waals surface area contributed by atoms with Gasteiger partial charge in [0, 0.05) is 16.4 Å². The summed E-state index contributed by atoms with van der Waals surface area (Å²) < 4.78 is 66.3. The SMILES string of the molecule is Cc1ccc(NC(=O)C2CCC(C(F)(F)F)NC2=O)cc1S(=O)(=O)Nc1ccc(Cl)cc1. The molecule has 0 radical (unpaired) electrons. The first-order chi connectivity index (χ1) is 14.9. The zero-order valence-electron chi connectivity index (χ0n) is 16.7. The number of anilines is 2. The first-order valence-electron chi connectivity index (χ1n) is 9.44. The summed E-state index contributed by atoms with van der Waals surface area (Å²) in [5.41, 5.74) is 0.761. The minimum absolute atomic E-state index is 0.0859. The summed E-state index contributed by atoms with van der Waals surface area (Å²) in [6.45, 7) is 1.56. The molecule has 0 aromatic heterocycles. The van der Waals surface area contributed by atoms with Crippen LogP contribution in [0.25, 0.3) is 0 Å². The Labute approximate surface area is 187 Å². The maximum atomic E-state index is 12.8. The molecule has 2 atom stereocenters. The van der Waals surface area contributed by atoms with Crippen LogP contribution in [0.1, 0.15) is 18.4 Å². The van der Waals surface area contributed by atoms with Gasteiger partial charge in [0.1, 0.15) is 12.0 Å². The number of rotatable bonds is 5. The van der Waals surface area contributed by atoms with Crippen LogP contribution in [0.5, 0.6) is 0 Å². The van der Waals surface area contributed by atoms with E-state index in [1.165, 1.54) is 42.5 Å². The van der Waals surface area contributed by atoms with Crippen LogP contribution in [0.3, 0.4) is 0 Å². The van der Waals surface area contributed by atoms with Crippen molar-refractivity contribution >= 4 is 44.8 Å². The topological polar surface area (TPSA) is 104 Å². The molecule has 0 spiro atoms. The van der Waals surface area contributed by atoms with Crippen LogP contribution in [-0.2, 0) is 19.6 Å². The number of nitrogens with one attached hydrogen (secondary N) is 3. The molecule has 1 saturated heterocycles. The summed E-state index contributed by atoms with van der Waals surface area (Å²) in [6.07, 6.45) is -5.29.